The number of rotatable bonds is 5. The van der Waals surface area contributed by atoms with Crippen molar-refractivity contribution < 1.29 is 0 Å². The van der Waals surface area contributed by atoms with Crippen LogP contribution in [0.15, 0.2) is 33.9 Å². The largest absolute Gasteiger partial charge is 0.296 e. The number of thiophene rings is 1. The van der Waals surface area contributed by atoms with E-state index in [4.69, 9.17) is 0 Å². The molecule has 7 heteroatoms. The molecule has 0 spiro atoms. The van der Waals surface area contributed by atoms with Crippen LogP contribution in [-0.4, -0.2) is 45.9 Å². The van der Waals surface area contributed by atoms with Gasteiger partial charge in [-0.05, 0) is 11.4 Å². The number of aromatic nitrogens is 2. The molecule has 23 heavy (non-hydrogen) atoms. The van der Waals surface area contributed by atoms with Crippen LogP contribution in [0.3, 0.4) is 0 Å². The standard InChI is InChI=1S/C16H18N4S3/c1-6-21-10-13(1)16-17-7-15(23-16)9-20-4-2-19(3-5-20)8-14-11-22-12-18-14/h1,6-7,10-12H,2-5,8-9H2. The lowest BCUT2D eigenvalue weighted by atomic mass is 10.3. The van der Waals surface area contributed by atoms with Crippen molar-refractivity contribution in [1.82, 2.24) is 19.8 Å². The van der Waals surface area contributed by atoms with E-state index in [9.17, 15) is 0 Å². The maximum Gasteiger partial charge on any atom is 0.124 e. The van der Waals surface area contributed by atoms with Gasteiger partial charge in [-0.1, -0.05) is 0 Å². The van der Waals surface area contributed by atoms with Gasteiger partial charge in [0.2, 0.25) is 0 Å². The minimum atomic E-state index is 0.986. The lowest BCUT2D eigenvalue weighted by molar-refractivity contribution is 0.122. The Kier molecular flexibility index (Phi) is 4.82. The van der Waals surface area contributed by atoms with E-state index in [-0.39, 0.29) is 0 Å². The second kappa shape index (κ2) is 7.19. The van der Waals surface area contributed by atoms with Crippen molar-refractivity contribution in [1.29, 1.82) is 0 Å². The van der Waals surface area contributed by atoms with Gasteiger partial charge in [0.1, 0.15) is 5.01 Å². The average molecular weight is 363 g/mol. The second-order valence-electron chi connectivity index (χ2n) is 5.68. The fourth-order valence-corrected chi connectivity index (χ4v) is 4.99. The topological polar surface area (TPSA) is 32.3 Å². The highest BCUT2D eigenvalue weighted by Crippen LogP contribution is 2.27. The van der Waals surface area contributed by atoms with E-state index < -0.39 is 0 Å². The lowest BCUT2D eigenvalue weighted by Crippen LogP contribution is -2.45. The molecular weight excluding hydrogens is 344 g/mol. The van der Waals surface area contributed by atoms with Crippen LogP contribution < -0.4 is 0 Å². The molecule has 0 unspecified atom stereocenters. The van der Waals surface area contributed by atoms with E-state index >= 15 is 0 Å². The van der Waals surface area contributed by atoms with Crippen molar-refractivity contribution in [3.63, 3.8) is 0 Å². The second-order valence-corrected chi connectivity index (χ2v) is 8.29. The predicted molar refractivity (Wildman–Crippen MR) is 98.1 cm³/mol. The van der Waals surface area contributed by atoms with Crippen molar-refractivity contribution in [3.05, 3.63) is 44.5 Å². The number of nitrogens with zero attached hydrogens (tertiary/aromatic N) is 4. The van der Waals surface area contributed by atoms with E-state index in [1.165, 1.54) is 16.1 Å². The van der Waals surface area contributed by atoms with Crippen LogP contribution in [0.5, 0.6) is 0 Å². The third-order valence-corrected chi connectivity index (χ3v) is 6.38. The normalized spacial score (nSPS) is 16.9. The molecule has 1 aliphatic rings. The number of piperazine rings is 1. The molecule has 1 fully saturated rings. The first-order valence-electron chi connectivity index (χ1n) is 7.66. The van der Waals surface area contributed by atoms with Gasteiger partial charge in [0.15, 0.2) is 0 Å². The van der Waals surface area contributed by atoms with E-state index in [0.29, 0.717) is 0 Å². The summed E-state index contributed by atoms with van der Waals surface area (Å²) in [6, 6.07) is 2.14. The molecule has 0 saturated carbocycles. The highest BCUT2D eigenvalue weighted by molar-refractivity contribution is 7.15. The molecule has 4 rings (SSSR count). The van der Waals surface area contributed by atoms with Crippen LogP contribution in [0.2, 0.25) is 0 Å². The summed E-state index contributed by atoms with van der Waals surface area (Å²) in [6.45, 7) is 6.49. The molecule has 4 heterocycles. The predicted octanol–water partition coefficient (Wildman–Crippen LogP) is 3.65. The number of hydrogen-bond acceptors (Lipinski definition) is 7. The fraction of sp³-hybridized carbons (Fsp3) is 0.375. The maximum atomic E-state index is 4.57. The van der Waals surface area contributed by atoms with Crippen LogP contribution in [0.1, 0.15) is 10.6 Å². The Morgan fingerprint density at radius 2 is 1.78 bits per heavy atom. The molecule has 0 N–H and O–H groups in total. The van der Waals surface area contributed by atoms with Crippen molar-refractivity contribution in [3.8, 4) is 10.6 Å². The third kappa shape index (κ3) is 3.87. The molecule has 0 atom stereocenters. The maximum absolute atomic E-state index is 4.57. The molecule has 0 radical (unpaired) electrons. The van der Waals surface area contributed by atoms with Crippen LogP contribution >= 0.6 is 34.0 Å². The summed E-state index contributed by atoms with van der Waals surface area (Å²) in [5, 5.41) is 7.57. The van der Waals surface area contributed by atoms with Crippen molar-refractivity contribution >= 4 is 34.0 Å². The van der Waals surface area contributed by atoms with Gasteiger partial charge in [0.05, 0.1) is 11.2 Å². The molecule has 0 aromatic carbocycles. The van der Waals surface area contributed by atoms with Gasteiger partial charge < -0.3 is 0 Å². The summed E-state index contributed by atoms with van der Waals surface area (Å²) in [4.78, 5) is 15.3. The fourth-order valence-electron chi connectivity index (χ4n) is 2.77. The summed E-state index contributed by atoms with van der Waals surface area (Å²) in [6.07, 6.45) is 2.04. The lowest BCUT2D eigenvalue weighted by Gasteiger charge is -2.33. The van der Waals surface area contributed by atoms with E-state index in [0.717, 1.165) is 44.3 Å². The Morgan fingerprint density at radius 1 is 0.957 bits per heavy atom. The Labute approximate surface area is 148 Å². The SMILES string of the molecule is c1cc(-c2ncc(CN3CCN(Cc4cscn4)CC3)s2)cs1. The van der Waals surface area contributed by atoms with Crippen LogP contribution in [0.4, 0.5) is 0 Å². The van der Waals surface area contributed by atoms with Crippen LogP contribution in [-0.2, 0) is 13.1 Å². The molecular formula is C16H18N4S3. The van der Waals surface area contributed by atoms with Gasteiger partial charge in [-0.15, -0.1) is 22.7 Å². The summed E-state index contributed by atoms with van der Waals surface area (Å²) in [5.41, 5.74) is 4.37. The summed E-state index contributed by atoms with van der Waals surface area (Å²) in [7, 11) is 0. The summed E-state index contributed by atoms with van der Waals surface area (Å²) >= 11 is 5.23. The van der Waals surface area contributed by atoms with Gasteiger partial charge in [-0.2, -0.15) is 11.3 Å². The first-order chi connectivity index (χ1) is 11.4. The molecule has 0 bridgehead atoms. The van der Waals surface area contributed by atoms with Crippen molar-refractivity contribution in [2.45, 2.75) is 13.1 Å². The monoisotopic (exact) mass is 362 g/mol. The van der Waals surface area contributed by atoms with Gasteiger partial charge in [-0.3, -0.25) is 9.80 Å². The number of hydrogen-bond donors (Lipinski definition) is 0. The quantitative estimate of drug-likeness (QED) is 0.693. The first kappa shape index (κ1) is 15.4. The van der Waals surface area contributed by atoms with Crippen molar-refractivity contribution in [2.24, 2.45) is 0 Å². The molecule has 4 nitrogen and oxygen atoms in total. The molecule has 3 aromatic rings. The molecule has 0 aliphatic carbocycles. The molecule has 120 valence electrons. The highest BCUT2D eigenvalue weighted by Gasteiger charge is 2.18. The van der Waals surface area contributed by atoms with Gasteiger partial charge in [0, 0.05) is 66.7 Å². The minimum absolute atomic E-state index is 0.986. The smallest absolute Gasteiger partial charge is 0.124 e. The third-order valence-electron chi connectivity index (χ3n) is 4.04. The zero-order chi connectivity index (χ0) is 15.5. The first-order valence-corrected chi connectivity index (χ1v) is 10.4. The Morgan fingerprint density at radius 3 is 2.48 bits per heavy atom. The van der Waals surface area contributed by atoms with Gasteiger partial charge >= 0.3 is 0 Å². The van der Waals surface area contributed by atoms with E-state index in [1.54, 1.807) is 22.7 Å². The summed E-state index contributed by atoms with van der Waals surface area (Å²) < 4.78 is 0. The Bertz CT molecular complexity index is 712. The van der Waals surface area contributed by atoms with Crippen molar-refractivity contribution in [2.75, 3.05) is 26.2 Å². The molecule has 1 saturated heterocycles. The van der Waals surface area contributed by atoms with E-state index in [1.807, 2.05) is 23.0 Å². The highest BCUT2D eigenvalue weighted by atomic mass is 32.1. The average Bonchev–Trinajstić information content (AvgIpc) is 3.31. The Hall–Kier alpha value is -1.12. The zero-order valence-corrected chi connectivity index (χ0v) is 15.2. The van der Waals surface area contributed by atoms with E-state index in [2.05, 4.69) is 42.0 Å². The minimum Gasteiger partial charge on any atom is -0.296 e. The Balaban J connectivity index is 1.29. The molecule has 0 amide bonds. The van der Waals surface area contributed by atoms with Crippen LogP contribution in [0.25, 0.3) is 10.6 Å². The molecule has 3 aromatic heterocycles. The summed E-state index contributed by atoms with van der Waals surface area (Å²) in [5.74, 6) is 0. The van der Waals surface area contributed by atoms with Crippen LogP contribution in [0, 0.1) is 0 Å². The molecule has 1 aliphatic heterocycles. The zero-order valence-electron chi connectivity index (χ0n) is 12.7. The number of thiazole rings is 2. The van der Waals surface area contributed by atoms with Gasteiger partial charge in [0.25, 0.3) is 0 Å². The van der Waals surface area contributed by atoms with Gasteiger partial charge in [-0.25, -0.2) is 9.97 Å².